The van der Waals surface area contributed by atoms with Crippen LogP contribution in [-0.4, -0.2) is 34.2 Å². The molecule has 0 aliphatic carbocycles. The number of nitro groups is 1. The topological polar surface area (TPSA) is 75.4 Å². The maximum Gasteiger partial charge on any atom is 0.288 e. The Balaban J connectivity index is 2.59. The summed E-state index contributed by atoms with van der Waals surface area (Å²) in [6.07, 6.45) is 1.93. The number of aliphatic hydroxyl groups is 1. The first kappa shape index (κ1) is 16.2. The molecule has 0 saturated carbocycles. The minimum Gasteiger partial charge on any atom is -0.388 e. The molecule has 1 aromatic rings. The maximum absolute atomic E-state index is 10.8. The number of halogens is 1. The SMILES string of the molecule is CSCC(C)(O)CNCc1ccc(Cl)c([N+](=O)[O-])c1. The molecular weight excluding hydrogens is 288 g/mol. The number of thioether (sulfide) groups is 1. The Morgan fingerprint density at radius 2 is 2.26 bits per heavy atom. The number of hydrogen-bond acceptors (Lipinski definition) is 5. The average molecular weight is 305 g/mol. The van der Waals surface area contributed by atoms with E-state index < -0.39 is 10.5 Å². The molecule has 1 atom stereocenters. The number of rotatable bonds is 7. The van der Waals surface area contributed by atoms with Crippen LogP contribution in [0.3, 0.4) is 0 Å². The maximum atomic E-state index is 10.8. The fourth-order valence-electron chi connectivity index (χ4n) is 1.65. The third-order valence-corrected chi connectivity index (χ3v) is 3.73. The molecule has 0 fully saturated rings. The van der Waals surface area contributed by atoms with Crippen LogP contribution in [0.2, 0.25) is 5.02 Å². The smallest absolute Gasteiger partial charge is 0.288 e. The van der Waals surface area contributed by atoms with Gasteiger partial charge in [-0.3, -0.25) is 10.1 Å². The number of nitrogens with zero attached hydrogens (tertiary/aromatic N) is 1. The number of nitrogens with one attached hydrogen (secondary N) is 1. The average Bonchev–Trinajstić information content (AvgIpc) is 2.30. The molecule has 1 rings (SSSR count). The first-order chi connectivity index (χ1) is 8.85. The van der Waals surface area contributed by atoms with Crippen molar-refractivity contribution in [3.05, 3.63) is 38.9 Å². The molecule has 0 spiro atoms. The summed E-state index contributed by atoms with van der Waals surface area (Å²) in [6, 6.07) is 4.68. The van der Waals surface area contributed by atoms with Crippen molar-refractivity contribution < 1.29 is 10.0 Å². The molecule has 0 aromatic heterocycles. The van der Waals surface area contributed by atoms with E-state index in [9.17, 15) is 15.2 Å². The van der Waals surface area contributed by atoms with Crippen LogP contribution in [0.25, 0.3) is 0 Å². The molecule has 7 heteroatoms. The molecule has 1 unspecified atom stereocenters. The van der Waals surface area contributed by atoms with Crippen LogP contribution < -0.4 is 5.32 Å². The summed E-state index contributed by atoms with van der Waals surface area (Å²) >= 11 is 7.30. The lowest BCUT2D eigenvalue weighted by Gasteiger charge is -2.22. The molecule has 1 aromatic carbocycles. The van der Waals surface area contributed by atoms with Gasteiger partial charge in [-0.1, -0.05) is 17.7 Å². The van der Waals surface area contributed by atoms with Gasteiger partial charge in [-0.05, 0) is 24.8 Å². The summed E-state index contributed by atoms with van der Waals surface area (Å²) in [7, 11) is 0. The lowest BCUT2D eigenvalue weighted by atomic mass is 10.1. The van der Waals surface area contributed by atoms with Crippen molar-refractivity contribution in [1.29, 1.82) is 0 Å². The molecule has 5 nitrogen and oxygen atoms in total. The molecular formula is C12H17ClN2O3S. The van der Waals surface area contributed by atoms with E-state index in [4.69, 9.17) is 11.6 Å². The zero-order chi connectivity index (χ0) is 14.5. The second-order valence-electron chi connectivity index (χ2n) is 4.58. The predicted octanol–water partition coefficient (Wildman–Crippen LogP) is 2.45. The molecule has 0 amide bonds. The third-order valence-electron chi connectivity index (χ3n) is 2.50. The van der Waals surface area contributed by atoms with Gasteiger partial charge in [-0.2, -0.15) is 11.8 Å². The summed E-state index contributed by atoms with van der Waals surface area (Å²) in [4.78, 5) is 10.2. The van der Waals surface area contributed by atoms with Crippen LogP contribution in [0.5, 0.6) is 0 Å². The van der Waals surface area contributed by atoms with Gasteiger partial charge < -0.3 is 10.4 Å². The molecule has 2 N–H and O–H groups in total. The van der Waals surface area contributed by atoms with E-state index in [0.717, 1.165) is 5.56 Å². The molecule has 0 radical (unpaired) electrons. The highest BCUT2D eigenvalue weighted by Gasteiger charge is 2.19. The van der Waals surface area contributed by atoms with Gasteiger partial charge in [0.2, 0.25) is 0 Å². The van der Waals surface area contributed by atoms with Gasteiger partial charge in [0, 0.05) is 24.9 Å². The van der Waals surface area contributed by atoms with Crippen LogP contribution in [0, 0.1) is 10.1 Å². The summed E-state index contributed by atoms with van der Waals surface area (Å²) in [5.41, 5.74) is -0.134. The number of benzene rings is 1. The predicted molar refractivity (Wildman–Crippen MR) is 78.8 cm³/mol. The Morgan fingerprint density at radius 3 is 2.84 bits per heavy atom. The van der Waals surface area contributed by atoms with E-state index >= 15 is 0 Å². The Labute approximate surface area is 121 Å². The van der Waals surface area contributed by atoms with Crippen molar-refractivity contribution >= 4 is 29.1 Å². The van der Waals surface area contributed by atoms with Crippen LogP contribution in [0.15, 0.2) is 18.2 Å². The molecule has 0 bridgehead atoms. The van der Waals surface area contributed by atoms with Gasteiger partial charge in [0.15, 0.2) is 0 Å². The monoisotopic (exact) mass is 304 g/mol. The van der Waals surface area contributed by atoms with Crippen LogP contribution in [0.1, 0.15) is 12.5 Å². The van der Waals surface area contributed by atoms with Gasteiger partial charge in [0.25, 0.3) is 5.69 Å². The molecule has 0 aliphatic heterocycles. The highest BCUT2D eigenvalue weighted by Crippen LogP contribution is 2.25. The van der Waals surface area contributed by atoms with Crippen molar-refractivity contribution in [3.63, 3.8) is 0 Å². The lowest BCUT2D eigenvalue weighted by Crippen LogP contribution is -2.39. The second-order valence-corrected chi connectivity index (χ2v) is 5.85. The lowest BCUT2D eigenvalue weighted by molar-refractivity contribution is -0.384. The van der Waals surface area contributed by atoms with Crippen LogP contribution >= 0.6 is 23.4 Å². The third kappa shape index (κ3) is 5.36. The van der Waals surface area contributed by atoms with Crippen LogP contribution in [0.4, 0.5) is 5.69 Å². The fourth-order valence-corrected chi connectivity index (χ4v) is 2.56. The van der Waals surface area contributed by atoms with E-state index in [1.807, 2.05) is 6.26 Å². The van der Waals surface area contributed by atoms with Crippen molar-refractivity contribution in [2.75, 3.05) is 18.6 Å². The second kappa shape index (κ2) is 7.09. The highest BCUT2D eigenvalue weighted by atomic mass is 35.5. The zero-order valence-electron chi connectivity index (χ0n) is 10.9. The van der Waals surface area contributed by atoms with E-state index in [1.54, 1.807) is 24.8 Å². The normalized spacial score (nSPS) is 14.1. The van der Waals surface area contributed by atoms with Crippen molar-refractivity contribution in [3.8, 4) is 0 Å². The standard InChI is InChI=1S/C12H17ClN2O3S/c1-12(16,8-19-2)7-14-6-9-3-4-10(13)11(5-9)15(17)18/h3-5,14,16H,6-8H2,1-2H3. The van der Waals surface area contributed by atoms with E-state index in [2.05, 4.69) is 5.32 Å². The minimum absolute atomic E-state index is 0.100. The molecule has 19 heavy (non-hydrogen) atoms. The quantitative estimate of drug-likeness (QED) is 0.598. The van der Waals surface area contributed by atoms with Gasteiger partial charge in [0.05, 0.1) is 10.5 Å². The summed E-state index contributed by atoms with van der Waals surface area (Å²) < 4.78 is 0. The van der Waals surface area contributed by atoms with Gasteiger partial charge in [-0.25, -0.2) is 0 Å². The summed E-state index contributed by atoms with van der Waals surface area (Å²) in [5.74, 6) is 0.626. The Bertz CT molecular complexity index is 455. The minimum atomic E-state index is -0.794. The Hall–Kier alpha value is -0.820. The van der Waals surface area contributed by atoms with E-state index in [0.29, 0.717) is 18.8 Å². The Morgan fingerprint density at radius 1 is 1.58 bits per heavy atom. The van der Waals surface area contributed by atoms with Crippen molar-refractivity contribution in [1.82, 2.24) is 5.32 Å². The largest absolute Gasteiger partial charge is 0.388 e. The van der Waals surface area contributed by atoms with Crippen LogP contribution in [-0.2, 0) is 6.54 Å². The molecule has 0 saturated heterocycles. The van der Waals surface area contributed by atoms with E-state index in [1.165, 1.54) is 12.1 Å². The first-order valence-corrected chi connectivity index (χ1v) is 7.48. The van der Waals surface area contributed by atoms with Crippen molar-refractivity contribution in [2.24, 2.45) is 0 Å². The number of hydrogen-bond donors (Lipinski definition) is 2. The highest BCUT2D eigenvalue weighted by molar-refractivity contribution is 7.98. The van der Waals surface area contributed by atoms with Gasteiger partial charge in [0.1, 0.15) is 5.02 Å². The molecule has 106 valence electrons. The Kier molecular flexibility index (Phi) is 6.06. The van der Waals surface area contributed by atoms with Gasteiger partial charge >= 0.3 is 0 Å². The molecule has 0 aliphatic rings. The van der Waals surface area contributed by atoms with E-state index in [-0.39, 0.29) is 10.7 Å². The first-order valence-electron chi connectivity index (χ1n) is 5.70. The van der Waals surface area contributed by atoms with Gasteiger partial charge in [-0.15, -0.1) is 0 Å². The molecule has 0 heterocycles. The number of nitro benzene ring substituents is 1. The van der Waals surface area contributed by atoms with Crippen molar-refractivity contribution in [2.45, 2.75) is 19.1 Å². The zero-order valence-corrected chi connectivity index (χ0v) is 12.4. The fraction of sp³-hybridized carbons (Fsp3) is 0.500. The summed E-state index contributed by atoms with van der Waals surface area (Å²) in [6.45, 7) is 2.62. The summed E-state index contributed by atoms with van der Waals surface area (Å²) in [5, 5.41) is 23.9.